The minimum absolute atomic E-state index is 0.0212. The highest BCUT2D eigenvalue weighted by atomic mass is 19.4. The van der Waals surface area contributed by atoms with Crippen LogP contribution in [0.15, 0.2) is 30.9 Å². The molecule has 1 amide bonds. The van der Waals surface area contributed by atoms with Gasteiger partial charge in [-0.1, -0.05) is 6.58 Å². The summed E-state index contributed by atoms with van der Waals surface area (Å²) in [6.45, 7) is 5.04. The van der Waals surface area contributed by atoms with E-state index in [0.29, 0.717) is 18.4 Å². The second-order valence-electron chi connectivity index (χ2n) is 8.22. The number of likely N-dealkylation sites (tertiary alicyclic amines) is 1. The van der Waals surface area contributed by atoms with Crippen molar-refractivity contribution in [2.75, 3.05) is 25.9 Å². The molecule has 7 nitrogen and oxygen atoms in total. The molecule has 11 heteroatoms. The van der Waals surface area contributed by atoms with Crippen LogP contribution in [0.2, 0.25) is 0 Å². The zero-order chi connectivity index (χ0) is 23.8. The Morgan fingerprint density at radius 2 is 1.91 bits per heavy atom. The van der Waals surface area contributed by atoms with Gasteiger partial charge in [0.25, 0.3) is 5.91 Å². The number of hydrogen-bond acceptors (Lipinski definition) is 5. The molecule has 1 aliphatic carbocycles. The van der Waals surface area contributed by atoms with Crippen LogP contribution in [-0.2, 0) is 11.0 Å². The molecule has 2 fully saturated rings. The molecule has 2 aromatic rings. The lowest BCUT2D eigenvalue weighted by Crippen LogP contribution is -2.60. The molecule has 1 aliphatic heterocycles. The van der Waals surface area contributed by atoms with Crippen molar-refractivity contribution in [3.63, 3.8) is 0 Å². The minimum Gasteiger partial charge on any atom is -0.383 e. The van der Waals surface area contributed by atoms with Gasteiger partial charge in [0.1, 0.15) is 29.2 Å². The standard InChI is InChI=1S/C18H19F4N5O.C3H4O/c1-26-7-17(8-26)5-10(6-17)27-15(23)13(16(24)28)14(25-27)9-2-3-12(19)11(4-9)18(20,21)22;1-2-3-4/h2-4,10H,5-8,23H2,1H3,(H2,24,28);2-3H,1H2. The average Bonchev–Trinajstić information content (AvgIpc) is 3.00. The summed E-state index contributed by atoms with van der Waals surface area (Å²) in [5.74, 6) is -2.28. The average molecular weight is 453 g/mol. The summed E-state index contributed by atoms with van der Waals surface area (Å²) in [6.07, 6.45) is -1.41. The van der Waals surface area contributed by atoms with Crippen LogP contribution in [0, 0.1) is 11.2 Å². The van der Waals surface area contributed by atoms with E-state index in [-0.39, 0.29) is 34.1 Å². The molecule has 1 spiro atoms. The van der Waals surface area contributed by atoms with Gasteiger partial charge in [-0.05, 0) is 49.6 Å². The molecule has 4 rings (SSSR count). The van der Waals surface area contributed by atoms with Crippen molar-refractivity contribution in [2.24, 2.45) is 11.1 Å². The maximum Gasteiger partial charge on any atom is 0.419 e. The van der Waals surface area contributed by atoms with Crippen molar-refractivity contribution in [3.05, 3.63) is 47.8 Å². The smallest absolute Gasteiger partial charge is 0.383 e. The topological polar surface area (TPSA) is 107 Å². The molecule has 1 aromatic heterocycles. The number of aromatic nitrogens is 2. The van der Waals surface area contributed by atoms with Crippen molar-refractivity contribution >= 4 is 18.0 Å². The third kappa shape index (κ3) is 4.24. The third-order valence-corrected chi connectivity index (χ3v) is 5.73. The summed E-state index contributed by atoms with van der Waals surface area (Å²) in [5.41, 5.74) is 9.99. The highest BCUT2D eigenvalue weighted by molar-refractivity contribution is 6.03. The first-order valence-electron chi connectivity index (χ1n) is 9.72. The summed E-state index contributed by atoms with van der Waals surface area (Å²) < 4.78 is 54.3. The largest absolute Gasteiger partial charge is 0.419 e. The number of hydrogen-bond donors (Lipinski definition) is 2. The molecular formula is C21H23F4N5O2. The Morgan fingerprint density at radius 1 is 1.31 bits per heavy atom. The van der Waals surface area contributed by atoms with Gasteiger partial charge in [-0.3, -0.25) is 9.59 Å². The lowest BCUT2D eigenvalue weighted by atomic mass is 9.61. The van der Waals surface area contributed by atoms with E-state index in [9.17, 15) is 22.4 Å². The van der Waals surface area contributed by atoms with Crippen molar-refractivity contribution in [1.29, 1.82) is 0 Å². The van der Waals surface area contributed by atoms with Crippen LogP contribution in [-0.4, -0.2) is 47.0 Å². The van der Waals surface area contributed by atoms with Gasteiger partial charge in [-0.2, -0.15) is 18.3 Å². The maximum atomic E-state index is 13.6. The van der Waals surface area contributed by atoms with Crippen molar-refractivity contribution in [3.8, 4) is 11.3 Å². The number of primary amides is 1. The monoisotopic (exact) mass is 453 g/mol. The second kappa shape index (κ2) is 8.38. The van der Waals surface area contributed by atoms with E-state index in [1.807, 2.05) is 7.05 Å². The van der Waals surface area contributed by atoms with Crippen LogP contribution in [0.25, 0.3) is 11.3 Å². The van der Waals surface area contributed by atoms with Crippen LogP contribution >= 0.6 is 0 Å². The first-order chi connectivity index (χ1) is 14.9. The zero-order valence-corrected chi connectivity index (χ0v) is 17.3. The van der Waals surface area contributed by atoms with E-state index in [2.05, 4.69) is 16.6 Å². The number of nitrogen functional groups attached to an aromatic ring is 1. The summed E-state index contributed by atoms with van der Waals surface area (Å²) >= 11 is 0. The van der Waals surface area contributed by atoms with Gasteiger partial charge in [0.05, 0.1) is 11.6 Å². The van der Waals surface area contributed by atoms with E-state index >= 15 is 0 Å². The normalized spacial score (nSPS) is 17.7. The highest BCUT2D eigenvalue weighted by Gasteiger charge is 2.52. The van der Waals surface area contributed by atoms with E-state index in [1.165, 1.54) is 10.8 Å². The van der Waals surface area contributed by atoms with Gasteiger partial charge in [0.15, 0.2) is 0 Å². The molecular weight excluding hydrogens is 430 g/mol. The Balaban J connectivity index is 0.000000668. The van der Waals surface area contributed by atoms with Crippen molar-refractivity contribution in [1.82, 2.24) is 14.7 Å². The van der Waals surface area contributed by atoms with E-state index in [0.717, 1.165) is 32.0 Å². The number of benzene rings is 1. The van der Waals surface area contributed by atoms with Gasteiger partial charge < -0.3 is 16.4 Å². The summed E-state index contributed by atoms with van der Waals surface area (Å²) in [4.78, 5) is 23.2. The summed E-state index contributed by atoms with van der Waals surface area (Å²) in [5, 5.41) is 4.31. The zero-order valence-electron chi connectivity index (χ0n) is 17.3. The van der Waals surface area contributed by atoms with Crippen LogP contribution in [0.4, 0.5) is 23.4 Å². The molecule has 172 valence electrons. The SMILES string of the molecule is C=CC=O.CN1CC2(CC(n3nc(-c4ccc(F)c(C(F)(F)F)c4)c(C(N)=O)c3N)C2)C1. The number of alkyl halides is 3. The number of amides is 1. The molecule has 4 N–H and O–H groups in total. The van der Waals surface area contributed by atoms with Crippen LogP contribution in [0.3, 0.4) is 0 Å². The van der Waals surface area contributed by atoms with Crippen LogP contribution in [0.1, 0.15) is 34.8 Å². The second-order valence-corrected chi connectivity index (χ2v) is 8.22. The van der Waals surface area contributed by atoms with Crippen molar-refractivity contribution < 1.29 is 27.2 Å². The molecule has 32 heavy (non-hydrogen) atoms. The predicted octanol–water partition coefficient (Wildman–Crippen LogP) is 3.03. The maximum absolute atomic E-state index is 13.6. The fourth-order valence-corrected chi connectivity index (χ4v) is 4.53. The lowest BCUT2D eigenvalue weighted by molar-refractivity contribution is -0.139. The fourth-order valence-electron chi connectivity index (χ4n) is 4.53. The van der Waals surface area contributed by atoms with Gasteiger partial charge >= 0.3 is 6.18 Å². The number of rotatable bonds is 4. The Hall–Kier alpha value is -3.21. The van der Waals surface area contributed by atoms with Crippen molar-refractivity contribution in [2.45, 2.75) is 25.1 Å². The molecule has 0 unspecified atom stereocenters. The Labute approximate surface area is 181 Å². The number of aldehydes is 1. The number of carbonyl (C=O) groups is 2. The molecule has 1 saturated heterocycles. The van der Waals surface area contributed by atoms with E-state index < -0.39 is 23.5 Å². The Morgan fingerprint density at radius 3 is 2.38 bits per heavy atom. The Bertz CT molecular complexity index is 1040. The number of nitrogens with two attached hydrogens (primary N) is 2. The van der Waals surface area contributed by atoms with Crippen LogP contribution < -0.4 is 11.5 Å². The number of anilines is 1. The third-order valence-electron chi connectivity index (χ3n) is 5.73. The molecule has 0 radical (unpaired) electrons. The highest BCUT2D eigenvalue weighted by Crippen LogP contribution is 2.54. The minimum atomic E-state index is -4.88. The quantitative estimate of drug-likeness (QED) is 0.420. The number of halogens is 4. The predicted molar refractivity (Wildman–Crippen MR) is 110 cm³/mol. The van der Waals surface area contributed by atoms with Crippen LogP contribution in [0.5, 0.6) is 0 Å². The van der Waals surface area contributed by atoms with E-state index in [1.54, 1.807) is 0 Å². The number of nitrogens with zero attached hydrogens (tertiary/aromatic N) is 3. The molecule has 1 aromatic carbocycles. The first kappa shape index (κ1) is 23.5. The van der Waals surface area contributed by atoms with E-state index in [4.69, 9.17) is 16.3 Å². The fraction of sp³-hybridized carbons (Fsp3) is 0.381. The van der Waals surface area contributed by atoms with Gasteiger partial charge in [-0.25, -0.2) is 9.07 Å². The molecule has 0 bridgehead atoms. The molecule has 0 atom stereocenters. The number of allylic oxidation sites excluding steroid dienone is 1. The van der Waals surface area contributed by atoms with Gasteiger partial charge in [0, 0.05) is 18.7 Å². The first-order valence-corrected chi connectivity index (χ1v) is 9.72. The molecule has 2 aliphatic rings. The van der Waals surface area contributed by atoms with Gasteiger partial charge in [0.2, 0.25) is 0 Å². The summed E-state index contributed by atoms with van der Waals surface area (Å²) in [6, 6.07) is 2.40. The summed E-state index contributed by atoms with van der Waals surface area (Å²) in [7, 11) is 2.02. The molecule has 2 heterocycles. The Kier molecular flexibility index (Phi) is 6.14. The molecule has 1 saturated carbocycles. The van der Waals surface area contributed by atoms with Gasteiger partial charge in [-0.15, -0.1) is 0 Å². The lowest BCUT2D eigenvalue weighted by Gasteiger charge is -2.58. The number of carbonyl (C=O) groups excluding carboxylic acids is 2.